The molecule has 4 heteroatoms. The molecule has 0 aliphatic rings. The number of halogens is 1. The van der Waals surface area contributed by atoms with Crippen LogP contribution in [0.1, 0.15) is 24.1 Å². The lowest BCUT2D eigenvalue weighted by Gasteiger charge is -2.16. The van der Waals surface area contributed by atoms with Crippen molar-refractivity contribution in [2.24, 2.45) is 0 Å². The van der Waals surface area contributed by atoms with Crippen molar-refractivity contribution < 1.29 is 10.2 Å². The van der Waals surface area contributed by atoms with Gasteiger partial charge < -0.3 is 15.5 Å². The van der Waals surface area contributed by atoms with Crippen LogP contribution in [0.15, 0.2) is 42.5 Å². The molecule has 1 unspecified atom stereocenters. The third kappa shape index (κ3) is 3.63. The van der Waals surface area contributed by atoms with Crippen molar-refractivity contribution in [3.05, 3.63) is 58.6 Å². The minimum atomic E-state index is -0.0669. The molecule has 0 spiro atoms. The van der Waals surface area contributed by atoms with E-state index >= 15 is 0 Å². The van der Waals surface area contributed by atoms with E-state index in [-0.39, 0.29) is 17.5 Å². The van der Waals surface area contributed by atoms with E-state index < -0.39 is 0 Å². The first-order valence-corrected chi connectivity index (χ1v) is 6.44. The maximum atomic E-state index is 9.77. The quantitative estimate of drug-likeness (QED) is 0.749. The molecule has 1 atom stereocenters. The highest BCUT2D eigenvalue weighted by Crippen LogP contribution is 2.27. The molecule has 0 amide bonds. The highest BCUT2D eigenvalue weighted by Gasteiger charge is 2.10. The summed E-state index contributed by atoms with van der Waals surface area (Å²) in [5.41, 5.74) is 1.78. The fraction of sp³-hybridized carbons (Fsp3) is 0.200. The van der Waals surface area contributed by atoms with Crippen LogP contribution in [0.4, 0.5) is 0 Å². The molecule has 0 aliphatic carbocycles. The first kappa shape index (κ1) is 13.7. The Morgan fingerprint density at radius 3 is 2.47 bits per heavy atom. The van der Waals surface area contributed by atoms with Gasteiger partial charge in [-0.1, -0.05) is 23.7 Å². The molecule has 0 saturated carbocycles. The molecule has 0 fully saturated rings. The molecule has 2 rings (SSSR count). The van der Waals surface area contributed by atoms with E-state index in [0.29, 0.717) is 17.1 Å². The number of phenolic OH excluding ortho intramolecular Hbond substituents is 2. The summed E-state index contributed by atoms with van der Waals surface area (Å²) in [5, 5.41) is 23.2. The SMILES string of the molecule is CC(NCc1ccc(Cl)cc1)c1cc(O)ccc1O. The second kappa shape index (κ2) is 5.95. The minimum absolute atomic E-state index is 0.0669. The molecule has 0 heterocycles. The second-order valence-corrected chi connectivity index (χ2v) is 4.91. The summed E-state index contributed by atoms with van der Waals surface area (Å²) in [4.78, 5) is 0. The van der Waals surface area contributed by atoms with E-state index in [2.05, 4.69) is 5.32 Å². The van der Waals surface area contributed by atoms with Crippen LogP contribution in [0.2, 0.25) is 5.02 Å². The van der Waals surface area contributed by atoms with Crippen molar-refractivity contribution in [1.29, 1.82) is 0 Å². The van der Waals surface area contributed by atoms with E-state index in [9.17, 15) is 10.2 Å². The number of aromatic hydroxyl groups is 2. The van der Waals surface area contributed by atoms with Gasteiger partial charge in [0, 0.05) is 23.2 Å². The first-order valence-electron chi connectivity index (χ1n) is 6.06. The number of benzene rings is 2. The Bertz CT molecular complexity index is 555. The number of hydrogen-bond donors (Lipinski definition) is 3. The number of nitrogens with one attached hydrogen (secondary N) is 1. The number of hydrogen-bond acceptors (Lipinski definition) is 3. The van der Waals surface area contributed by atoms with Crippen LogP contribution in [0, 0.1) is 0 Å². The summed E-state index contributed by atoms with van der Waals surface area (Å²) in [6.07, 6.45) is 0. The van der Waals surface area contributed by atoms with Gasteiger partial charge in [-0.25, -0.2) is 0 Å². The second-order valence-electron chi connectivity index (χ2n) is 4.47. The van der Waals surface area contributed by atoms with Gasteiger partial charge in [0.25, 0.3) is 0 Å². The van der Waals surface area contributed by atoms with Gasteiger partial charge in [-0.3, -0.25) is 0 Å². The van der Waals surface area contributed by atoms with Gasteiger partial charge in [0.1, 0.15) is 11.5 Å². The molecule has 3 N–H and O–H groups in total. The van der Waals surface area contributed by atoms with Crippen LogP contribution in [0.3, 0.4) is 0 Å². The minimum Gasteiger partial charge on any atom is -0.508 e. The van der Waals surface area contributed by atoms with Crippen LogP contribution < -0.4 is 5.32 Å². The predicted octanol–water partition coefficient (Wildman–Crippen LogP) is 3.60. The summed E-state index contributed by atoms with van der Waals surface area (Å²) in [5.74, 6) is 0.321. The lowest BCUT2D eigenvalue weighted by Crippen LogP contribution is -2.18. The van der Waals surface area contributed by atoms with Crippen molar-refractivity contribution in [3.8, 4) is 11.5 Å². The van der Waals surface area contributed by atoms with E-state index in [1.165, 1.54) is 12.1 Å². The van der Waals surface area contributed by atoms with E-state index in [1.807, 2.05) is 31.2 Å². The smallest absolute Gasteiger partial charge is 0.120 e. The summed E-state index contributed by atoms with van der Waals surface area (Å²) < 4.78 is 0. The van der Waals surface area contributed by atoms with Crippen LogP contribution in [-0.4, -0.2) is 10.2 Å². The molecule has 0 aliphatic heterocycles. The zero-order valence-corrected chi connectivity index (χ0v) is 11.4. The molecule has 0 radical (unpaired) electrons. The van der Waals surface area contributed by atoms with Gasteiger partial charge in [-0.05, 0) is 42.8 Å². The average molecular weight is 278 g/mol. The Balaban J connectivity index is 2.03. The van der Waals surface area contributed by atoms with Crippen molar-refractivity contribution in [2.45, 2.75) is 19.5 Å². The standard InChI is InChI=1S/C15H16ClNO2/c1-10(14-8-13(18)6-7-15(14)19)17-9-11-2-4-12(16)5-3-11/h2-8,10,17-19H,9H2,1H3. The molecule has 3 nitrogen and oxygen atoms in total. The lowest BCUT2D eigenvalue weighted by atomic mass is 10.1. The zero-order valence-electron chi connectivity index (χ0n) is 10.6. The fourth-order valence-corrected chi connectivity index (χ4v) is 2.00. The Hall–Kier alpha value is -1.71. The van der Waals surface area contributed by atoms with E-state index in [1.54, 1.807) is 6.07 Å². The van der Waals surface area contributed by atoms with Crippen molar-refractivity contribution in [2.75, 3.05) is 0 Å². The third-order valence-electron chi connectivity index (χ3n) is 3.00. The Labute approximate surface area is 117 Å². The van der Waals surface area contributed by atoms with Gasteiger partial charge >= 0.3 is 0 Å². The Morgan fingerprint density at radius 1 is 1.11 bits per heavy atom. The summed E-state index contributed by atoms with van der Waals surface area (Å²) in [6.45, 7) is 2.60. The Kier molecular flexibility index (Phi) is 4.30. The lowest BCUT2D eigenvalue weighted by molar-refractivity contribution is 0.440. The van der Waals surface area contributed by atoms with Gasteiger partial charge in [0.05, 0.1) is 0 Å². The molecule has 0 aromatic heterocycles. The van der Waals surface area contributed by atoms with Crippen LogP contribution in [0.5, 0.6) is 11.5 Å². The van der Waals surface area contributed by atoms with Gasteiger partial charge in [0.15, 0.2) is 0 Å². The molecule has 2 aromatic carbocycles. The van der Waals surface area contributed by atoms with Crippen molar-refractivity contribution in [3.63, 3.8) is 0 Å². The van der Waals surface area contributed by atoms with Crippen molar-refractivity contribution in [1.82, 2.24) is 5.32 Å². The van der Waals surface area contributed by atoms with Crippen LogP contribution >= 0.6 is 11.6 Å². The topological polar surface area (TPSA) is 52.5 Å². The molecule has 100 valence electrons. The number of rotatable bonds is 4. The van der Waals surface area contributed by atoms with Crippen LogP contribution in [-0.2, 0) is 6.54 Å². The zero-order chi connectivity index (χ0) is 13.8. The van der Waals surface area contributed by atoms with Gasteiger partial charge in [-0.15, -0.1) is 0 Å². The molecular weight excluding hydrogens is 262 g/mol. The molecule has 0 bridgehead atoms. The highest BCUT2D eigenvalue weighted by molar-refractivity contribution is 6.30. The maximum absolute atomic E-state index is 9.77. The van der Waals surface area contributed by atoms with E-state index in [0.717, 1.165) is 5.56 Å². The fourth-order valence-electron chi connectivity index (χ4n) is 1.87. The molecule has 2 aromatic rings. The molecular formula is C15H16ClNO2. The number of phenols is 2. The van der Waals surface area contributed by atoms with Gasteiger partial charge in [0.2, 0.25) is 0 Å². The summed E-state index contributed by atoms with van der Waals surface area (Å²) in [7, 11) is 0. The predicted molar refractivity (Wildman–Crippen MR) is 76.5 cm³/mol. The maximum Gasteiger partial charge on any atom is 0.120 e. The van der Waals surface area contributed by atoms with Gasteiger partial charge in [-0.2, -0.15) is 0 Å². The average Bonchev–Trinajstić information content (AvgIpc) is 2.40. The van der Waals surface area contributed by atoms with Crippen molar-refractivity contribution >= 4 is 11.6 Å². The first-order chi connectivity index (χ1) is 9.06. The van der Waals surface area contributed by atoms with E-state index in [4.69, 9.17) is 11.6 Å². The monoisotopic (exact) mass is 277 g/mol. The molecule has 0 saturated heterocycles. The summed E-state index contributed by atoms with van der Waals surface area (Å²) in [6, 6.07) is 12.0. The van der Waals surface area contributed by atoms with Crippen LogP contribution in [0.25, 0.3) is 0 Å². The Morgan fingerprint density at radius 2 is 1.79 bits per heavy atom. The molecule has 19 heavy (non-hydrogen) atoms. The normalized spacial score (nSPS) is 12.3. The largest absolute Gasteiger partial charge is 0.508 e. The highest BCUT2D eigenvalue weighted by atomic mass is 35.5. The summed E-state index contributed by atoms with van der Waals surface area (Å²) >= 11 is 5.83. The third-order valence-corrected chi connectivity index (χ3v) is 3.26.